The van der Waals surface area contributed by atoms with Crippen molar-refractivity contribution in [3.05, 3.63) is 36.4 Å². The van der Waals surface area contributed by atoms with Crippen molar-refractivity contribution in [2.75, 3.05) is 25.6 Å². The molecule has 0 unspecified atom stereocenters. The number of fused-ring (bicyclic) bond motifs is 4. The SMILES string of the molecule is CN(C)c1cccc2c(S(=O)(=O)OC[C@H]3O[C@@H]4OC(C)(C)O[C@@H]4[C@H]4OC(C)(C)O[C@H]43)cccc12. The second kappa shape index (κ2) is 8.12. The zero-order valence-corrected chi connectivity index (χ0v) is 21.0. The molecule has 3 aliphatic heterocycles. The molecule has 5 rings (SSSR count). The Morgan fingerprint density at radius 1 is 0.853 bits per heavy atom. The Balaban J connectivity index is 1.41. The molecule has 3 heterocycles. The molecular formula is C24H31NO8S. The van der Waals surface area contributed by atoms with Gasteiger partial charge in [-0.25, -0.2) is 0 Å². The second-order valence-electron chi connectivity index (χ2n) is 9.97. The number of benzene rings is 2. The third kappa shape index (κ3) is 4.21. The summed E-state index contributed by atoms with van der Waals surface area (Å²) >= 11 is 0. The van der Waals surface area contributed by atoms with E-state index in [1.165, 1.54) is 0 Å². The Bertz CT molecular complexity index is 1190. The quantitative estimate of drug-likeness (QED) is 0.583. The van der Waals surface area contributed by atoms with Gasteiger partial charge in [-0.15, -0.1) is 0 Å². The molecule has 0 saturated carbocycles. The first-order chi connectivity index (χ1) is 15.9. The van der Waals surface area contributed by atoms with Crippen LogP contribution in [0.2, 0.25) is 0 Å². The van der Waals surface area contributed by atoms with Crippen LogP contribution in [0.3, 0.4) is 0 Å². The van der Waals surface area contributed by atoms with Gasteiger partial charge in [0, 0.05) is 30.6 Å². The fraction of sp³-hybridized carbons (Fsp3) is 0.583. The highest BCUT2D eigenvalue weighted by Crippen LogP contribution is 2.44. The third-order valence-corrected chi connectivity index (χ3v) is 7.59. The lowest BCUT2D eigenvalue weighted by molar-refractivity contribution is -0.238. The van der Waals surface area contributed by atoms with Gasteiger partial charge in [-0.1, -0.05) is 24.3 Å². The Kier molecular flexibility index (Phi) is 5.72. The van der Waals surface area contributed by atoms with Crippen molar-refractivity contribution in [2.45, 2.75) is 74.9 Å². The molecule has 3 saturated heterocycles. The summed E-state index contributed by atoms with van der Waals surface area (Å²) in [7, 11) is -0.269. The van der Waals surface area contributed by atoms with E-state index in [0.717, 1.165) is 11.1 Å². The molecule has 10 heteroatoms. The van der Waals surface area contributed by atoms with Gasteiger partial charge in [0.2, 0.25) is 0 Å². The van der Waals surface area contributed by atoms with Crippen LogP contribution in [0.15, 0.2) is 41.3 Å². The fourth-order valence-corrected chi connectivity index (χ4v) is 6.05. The van der Waals surface area contributed by atoms with Gasteiger partial charge in [0.1, 0.15) is 29.3 Å². The van der Waals surface area contributed by atoms with Gasteiger partial charge >= 0.3 is 0 Å². The van der Waals surface area contributed by atoms with Crippen molar-refractivity contribution in [3.8, 4) is 0 Å². The summed E-state index contributed by atoms with van der Waals surface area (Å²) in [5.41, 5.74) is 0.916. The van der Waals surface area contributed by atoms with Crippen molar-refractivity contribution in [1.82, 2.24) is 0 Å². The van der Waals surface area contributed by atoms with Crippen LogP contribution >= 0.6 is 0 Å². The number of ether oxygens (including phenoxy) is 5. The van der Waals surface area contributed by atoms with Gasteiger partial charge in [0.15, 0.2) is 17.9 Å². The summed E-state index contributed by atoms with van der Waals surface area (Å²) in [6.07, 6.45) is -2.99. The van der Waals surface area contributed by atoms with Crippen LogP contribution in [0.4, 0.5) is 5.69 Å². The van der Waals surface area contributed by atoms with Crippen LogP contribution in [0.25, 0.3) is 10.8 Å². The Hall–Kier alpha value is -1.79. The summed E-state index contributed by atoms with van der Waals surface area (Å²) in [4.78, 5) is 2.04. The number of hydrogen-bond acceptors (Lipinski definition) is 9. The Morgan fingerprint density at radius 3 is 2.21 bits per heavy atom. The first kappa shape index (κ1) is 23.9. The van der Waals surface area contributed by atoms with Crippen molar-refractivity contribution in [1.29, 1.82) is 0 Å². The van der Waals surface area contributed by atoms with Crippen molar-refractivity contribution in [3.63, 3.8) is 0 Å². The molecule has 186 valence electrons. The van der Waals surface area contributed by atoms with Gasteiger partial charge in [-0.3, -0.25) is 4.18 Å². The predicted octanol–water partition coefficient (Wildman–Crippen LogP) is 3.01. The predicted molar refractivity (Wildman–Crippen MR) is 124 cm³/mol. The monoisotopic (exact) mass is 493 g/mol. The van der Waals surface area contributed by atoms with E-state index in [1.807, 2.05) is 37.2 Å². The molecule has 0 radical (unpaired) electrons. The summed E-state index contributed by atoms with van der Waals surface area (Å²) in [6.45, 7) is 6.94. The highest BCUT2D eigenvalue weighted by Gasteiger charge is 2.60. The third-order valence-electron chi connectivity index (χ3n) is 6.25. The lowest BCUT2D eigenvalue weighted by Crippen LogP contribution is -2.56. The minimum absolute atomic E-state index is 0.101. The van der Waals surface area contributed by atoms with Gasteiger partial charge in [0.25, 0.3) is 10.1 Å². The fourth-order valence-electron chi connectivity index (χ4n) is 4.92. The zero-order chi connectivity index (χ0) is 24.5. The molecule has 0 spiro atoms. The molecule has 9 nitrogen and oxygen atoms in total. The maximum atomic E-state index is 13.3. The minimum Gasteiger partial charge on any atom is -0.377 e. The molecule has 0 amide bonds. The van der Waals surface area contributed by atoms with Crippen molar-refractivity contribution >= 4 is 26.6 Å². The largest absolute Gasteiger partial charge is 0.377 e. The van der Waals surface area contributed by atoms with E-state index in [1.54, 1.807) is 45.9 Å². The van der Waals surface area contributed by atoms with E-state index < -0.39 is 52.4 Å². The number of nitrogens with zero attached hydrogens (tertiary/aromatic N) is 1. The van der Waals surface area contributed by atoms with Crippen LogP contribution in [-0.4, -0.2) is 71.4 Å². The maximum Gasteiger partial charge on any atom is 0.297 e. The molecule has 5 atom stereocenters. The van der Waals surface area contributed by atoms with Crippen LogP contribution in [0.1, 0.15) is 27.7 Å². The normalized spacial score (nSPS) is 31.9. The van der Waals surface area contributed by atoms with E-state index in [9.17, 15) is 8.42 Å². The standard InChI is InChI=1S/C24H31NO8S/c1-23(2)30-19-17(29-22-21(20(19)31-23)32-24(3,4)33-22)13-28-34(26,27)18-12-8-9-14-15(18)10-7-11-16(14)25(5)6/h7-12,17,19-22H,13H2,1-6H3/t17-,19+,20+,21-,22-/m1/s1. The Morgan fingerprint density at radius 2 is 1.47 bits per heavy atom. The minimum atomic E-state index is -4.10. The van der Waals surface area contributed by atoms with Crippen LogP contribution < -0.4 is 4.90 Å². The maximum absolute atomic E-state index is 13.3. The highest BCUT2D eigenvalue weighted by atomic mass is 32.2. The molecule has 3 aliphatic rings. The first-order valence-electron chi connectivity index (χ1n) is 11.3. The zero-order valence-electron chi connectivity index (χ0n) is 20.2. The smallest absolute Gasteiger partial charge is 0.297 e. The van der Waals surface area contributed by atoms with Gasteiger partial charge in [-0.05, 0) is 39.8 Å². The van der Waals surface area contributed by atoms with E-state index >= 15 is 0 Å². The lowest BCUT2D eigenvalue weighted by atomic mass is 9.99. The summed E-state index contributed by atoms with van der Waals surface area (Å²) in [6, 6.07) is 10.7. The van der Waals surface area contributed by atoms with Crippen LogP contribution in [0, 0.1) is 0 Å². The van der Waals surface area contributed by atoms with Crippen molar-refractivity contribution < 1.29 is 36.3 Å². The summed E-state index contributed by atoms with van der Waals surface area (Å²) < 4.78 is 62.2. The molecular weight excluding hydrogens is 462 g/mol. The summed E-state index contributed by atoms with van der Waals surface area (Å²) in [5.74, 6) is -1.73. The molecule has 0 aromatic heterocycles. The average Bonchev–Trinajstić information content (AvgIpc) is 3.24. The molecule has 3 fully saturated rings. The number of hydrogen-bond donors (Lipinski definition) is 0. The molecule has 2 aromatic carbocycles. The topological polar surface area (TPSA) is 92.8 Å². The van der Waals surface area contributed by atoms with E-state index in [-0.39, 0.29) is 11.5 Å². The molecule has 0 aliphatic carbocycles. The lowest BCUT2D eigenvalue weighted by Gasteiger charge is -2.36. The van der Waals surface area contributed by atoms with Crippen molar-refractivity contribution in [2.24, 2.45) is 0 Å². The highest BCUT2D eigenvalue weighted by molar-refractivity contribution is 7.87. The number of anilines is 1. The van der Waals surface area contributed by atoms with Gasteiger partial charge in [0.05, 0.1) is 6.61 Å². The van der Waals surface area contributed by atoms with E-state index in [0.29, 0.717) is 5.39 Å². The number of rotatable bonds is 5. The van der Waals surface area contributed by atoms with E-state index in [2.05, 4.69) is 0 Å². The van der Waals surface area contributed by atoms with Gasteiger partial charge in [-0.2, -0.15) is 8.42 Å². The molecule has 0 bridgehead atoms. The van der Waals surface area contributed by atoms with Crippen LogP contribution in [-0.2, 0) is 38.0 Å². The molecule has 2 aromatic rings. The summed E-state index contributed by atoms with van der Waals surface area (Å²) in [5, 5.41) is 1.41. The first-order valence-corrected chi connectivity index (χ1v) is 12.7. The molecule has 0 N–H and O–H groups in total. The van der Waals surface area contributed by atoms with Gasteiger partial charge < -0.3 is 28.6 Å². The Labute approximate surface area is 199 Å². The average molecular weight is 494 g/mol. The van der Waals surface area contributed by atoms with E-state index in [4.69, 9.17) is 27.9 Å². The molecule has 34 heavy (non-hydrogen) atoms. The van der Waals surface area contributed by atoms with Crippen LogP contribution in [0.5, 0.6) is 0 Å². The second-order valence-corrected chi connectivity index (χ2v) is 11.6.